The third-order valence-electron chi connectivity index (χ3n) is 7.84. The number of hydrogen-bond donors (Lipinski definition) is 1. The highest BCUT2D eigenvalue weighted by molar-refractivity contribution is 7.92. The fourth-order valence-electron chi connectivity index (χ4n) is 5.08. The van der Waals surface area contributed by atoms with Crippen molar-refractivity contribution < 1.29 is 18.0 Å². The van der Waals surface area contributed by atoms with Gasteiger partial charge in [0.2, 0.25) is 11.8 Å². The molecule has 0 saturated heterocycles. The summed E-state index contributed by atoms with van der Waals surface area (Å²) < 4.78 is 29.1. The lowest BCUT2D eigenvalue weighted by Crippen LogP contribution is -2.53. The highest BCUT2D eigenvalue weighted by Gasteiger charge is 2.33. The third-order valence-corrected chi connectivity index (χ3v) is 10.1. The van der Waals surface area contributed by atoms with E-state index in [0.29, 0.717) is 15.7 Å². The summed E-state index contributed by atoms with van der Waals surface area (Å²) in [6, 6.07) is 17.4. The standard InChI is InChI=1S/C32H37Cl2N3O4S/c1-22-9-16-29(19-23(22)2)37(42(40,41)30-17-14-27(34)15-18-30)21-31(38)36(20-25-10-12-26(33)13-11-25)24(3)32(39)35-28-7-5-4-6-8-28/h9-19,24,28H,4-8,20-21H2,1-3H3,(H,35,39)/t24-/m1/s1. The van der Waals surface area contributed by atoms with E-state index in [0.717, 1.165) is 53.1 Å². The van der Waals surface area contributed by atoms with Crippen LogP contribution in [0.1, 0.15) is 55.7 Å². The van der Waals surface area contributed by atoms with E-state index < -0.39 is 28.5 Å². The van der Waals surface area contributed by atoms with E-state index in [1.165, 1.54) is 29.2 Å². The molecule has 0 spiro atoms. The average molecular weight is 631 g/mol. The van der Waals surface area contributed by atoms with Crippen LogP contribution in [0.3, 0.4) is 0 Å². The largest absolute Gasteiger partial charge is 0.352 e. The summed E-state index contributed by atoms with van der Waals surface area (Å²) in [5.41, 5.74) is 3.00. The zero-order valence-corrected chi connectivity index (χ0v) is 26.5. The first-order chi connectivity index (χ1) is 20.0. The summed E-state index contributed by atoms with van der Waals surface area (Å²) >= 11 is 12.1. The van der Waals surface area contributed by atoms with E-state index in [1.807, 2.05) is 19.9 Å². The molecule has 1 N–H and O–H groups in total. The molecule has 3 aromatic rings. The predicted octanol–water partition coefficient (Wildman–Crippen LogP) is 6.67. The first-order valence-electron chi connectivity index (χ1n) is 14.2. The van der Waals surface area contributed by atoms with Crippen molar-refractivity contribution in [3.05, 3.63) is 93.5 Å². The predicted molar refractivity (Wildman–Crippen MR) is 168 cm³/mol. The lowest BCUT2D eigenvalue weighted by Gasteiger charge is -2.33. The Morgan fingerprint density at radius 1 is 0.881 bits per heavy atom. The molecule has 1 atom stereocenters. The number of halogens is 2. The molecule has 1 saturated carbocycles. The number of benzene rings is 3. The Morgan fingerprint density at radius 3 is 2.07 bits per heavy atom. The van der Waals surface area contributed by atoms with E-state index in [2.05, 4.69) is 5.32 Å². The molecule has 4 rings (SSSR count). The zero-order valence-electron chi connectivity index (χ0n) is 24.1. The maximum Gasteiger partial charge on any atom is 0.264 e. The first-order valence-corrected chi connectivity index (χ1v) is 16.3. The minimum absolute atomic E-state index is 0.00488. The van der Waals surface area contributed by atoms with Crippen LogP contribution < -0.4 is 9.62 Å². The molecule has 0 unspecified atom stereocenters. The molecule has 1 aliphatic carbocycles. The zero-order chi connectivity index (χ0) is 30.4. The quantitative estimate of drug-likeness (QED) is 0.271. The number of amides is 2. The second-order valence-electron chi connectivity index (χ2n) is 10.9. The topological polar surface area (TPSA) is 86.8 Å². The van der Waals surface area contributed by atoms with Crippen molar-refractivity contribution in [2.75, 3.05) is 10.8 Å². The van der Waals surface area contributed by atoms with Crippen LogP contribution in [0.15, 0.2) is 71.6 Å². The second kappa shape index (κ2) is 13.9. The fourth-order valence-corrected chi connectivity index (χ4v) is 6.74. The molecular weight excluding hydrogens is 593 g/mol. The maximum atomic E-state index is 14.1. The number of rotatable bonds is 10. The van der Waals surface area contributed by atoms with Gasteiger partial charge in [-0.25, -0.2) is 8.42 Å². The molecular formula is C32H37Cl2N3O4S. The number of sulfonamides is 1. The van der Waals surface area contributed by atoms with Gasteiger partial charge in [-0.3, -0.25) is 13.9 Å². The van der Waals surface area contributed by atoms with Crippen LogP contribution >= 0.6 is 23.2 Å². The van der Waals surface area contributed by atoms with Crippen molar-refractivity contribution in [1.82, 2.24) is 10.2 Å². The highest BCUT2D eigenvalue weighted by atomic mass is 35.5. The van der Waals surface area contributed by atoms with Crippen molar-refractivity contribution in [2.24, 2.45) is 0 Å². The molecule has 1 fully saturated rings. The van der Waals surface area contributed by atoms with Gasteiger partial charge in [-0.2, -0.15) is 0 Å². The van der Waals surface area contributed by atoms with Crippen LogP contribution in [0.5, 0.6) is 0 Å². The van der Waals surface area contributed by atoms with Crippen molar-refractivity contribution in [3.8, 4) is 0 Å². The lowest BCUT2D eigenvalue weighted by atomic mass is 9.95. The van der Waals surface area contributed by atoms with Gasteiger partial charge in [-0.05, 0) is 98.8 Å². The Bertz CT molecular complexity index is 1510. The summed E-state index contributed by atoms with van der Waals surface area (Å²) in [4.78, 5) is 29.0. The average Bonchev–Trinajstić information content (AvgIpc) is 2.97. The number of hydrogen-bond acceptors (Lipinski definition) is 4. The van der Waals surface area contributed by atoms with Crippen LogP contribution in [-0.2, 0) is 26.2 Å². The van der Waals surface area contributed by atoms with Crippen LogP contribution in [0.4, 0.5) is 5.69 Å². The SMILES string of the molecule is Cc1ccc(N(CC(=O)N(Cc2ccc(Cl)cc2)[C@H](C)C(=O)NC2CCCCC2)S(=O)(=O)c2ccc(Cl)cc2)cc1C. The summed E-state index contributed by atoms with van der Waals surface area (Å²) in [7, 11) is -4.17. The number of carbonyl (C=O) groups is 2. The molecule has 10 heteroatoms. The Kier molecular flexibility index (Phi) is 10.6. The monoisotopic (exact) mass is 629 g/mol. The van der Waals surface area contributed by atoms with Gasteiger partial charge in [0.25, 0.3) is 10.0 Å². The molecule has 1 aliphatic rings. The summed E-state index contributed by atoms with van der Waals surface area (Å²) in [5.74, 6) is -0.769. The van der Waals surface area contributed by atoms with Crippen LogP contribution in [0.25, 0.3) is 0 Å². The molecule has 42 heavy (non-hydrogen) atoms. The van der Waals surface area contributed by atoms with Gasteiger partial charge in [-0.1, -0.05) is 60.7 Å². The molecule has 2 amide bonds. The molecule has 0 aromatic heterocycles. The summed E-state index contributed by atoms with van der Waals surface area (Å²) in [6.07, 6.45) is 5.08. The Morgan fingerprint density at radius 2 is 1.48 bits per heavy atom. The molecule has 0 bridgehead atoms. The molecule has 224 valence electrons. The number of nitrogens with zero attached hydrogens (tertiary/aromatic N) is 2. The normalized spacial score (nSPS) is 14.7. The van der Waals surface area contributed by atoms with Gasteiger partial charge < -0.3 is 10.2 Å². The van der Waals surface area contributed by atoms with E-state index in [4.69, 9.17) is 23.2 Å². The smallest absolute Gasteiger partial charge is 0.264 e. The summed E-state index contributed by atoms with van der Waals surface area (Å²) in [6.45, 7) is 5.11. The van der Waals surface area contributed by atoms with Gasteiger partial charge >= 0.3 is 0 Å². The Balaban J connectivity index is 1.69. The molecule has 0 heterocycles. The van der Waals surface area contributed by atoms with E-state index in [9.17, 15) is 18.0 Å². The minimum Gasteiger partial charge on any atom is -0.352 e. The van der Waals surface area contributed by atoms with Gasteiger partial charge in [-0.15, -0.1) is 0 Å². The van der Waals surface area contributed by atoms with Crippen molar-refractivity contribution in [2.45, 2.75) is 76.4 Å². The van der Waals surface area contributed by atoms with Gasteiger partial charge in [0, 0.05) is 22.6 Å². The van der Waals surface area contributed by atoms with Gasteiger partial charge in [0.05, 0.1) is 10.6 Å². The Hall–Kier alpha value is -3.07. The van der Waals surface area contributed by atoms with Gasteiger partial charge in [0.1, 0.15) is 12.6 Å². The van der Waals surface area contributed by atoms with E-state index in [1.54, 1.807) is 43.3 Å². The van der Waals surface area contributed by atoms with Gasteiger partial charge in [0.15, 0.2) is 0 Å². The molecule has 3 aromatic carbocycles. The minimum atomic E-state index is -4.17. The number of aryl methyl sites for hydroxylation is 2. The number of anilines is 1. The number of nitrogens with one attached hydrogen (secondary N) is 1. The van der Waals surface area contributed by atoms with Crippen molar-refractivity contribution >= 4 is 50.7 Å². The first kappa shape index (κ1) is 31.9. The van der Waals surface area contributed by atoms with Crippen molar-refractivity contribution in [3.63, 3.8) is 0 Å². The van der Waals surface area contributed by atoms with Crippen LogP contribution in [-0.4, -0.2) is 43.8 Å². The molecule has 0 radical (unpaired) electrons. The summed E-state index contributed by atoms with van der Waals surface area (Å²) in [5, 5.41) is 4.06. The maximum absolute atomic E-state index is 14.1. The van der Waals surface area contributed by atoms with E-state index >= 15 is 0 Å². The van der Waals surface area contributed by atoms with Crippen molar-refractivity contribution in [1.29, 1.82) is 0 Å². The molecule has 7 nitrogen and oxygen atoms in total. The fraction of sp³-hybridized carbons (Fsp3) is 0.375. The third kappa shape index (κ3) is 7.85. The lowest BCUT2D eigenvalue weighted by molar-refractivity contribution is -0.139. The van der Waals surface area contributed by atoms with Crippen LogP contribution in [0.2, 0.25) is 10.0 Å². The second-order valence-corrected chi connectivity index (χ2v) is 13.6. The Labute approximate surface area is 258 Å². The van der Waals surface area contributed by atoms with E-state index in [-0.39, 0.29) is 23.4 Å². The number of carbonyl (C=O) groups excluding carboxylic acids is 2. The molecule has 0 aliphatic heterocycles. The van der Waals surface area contributed by atoms with Crippen LogP contribution in [0, 0.1) is 13.8 Å². The highest BCUT2D eigenvalue weighted by Crippen LogP contribution is 2.27.